The first kappa shape index (κ1) is 11.9. The topological polar surface area (TPSA) is 49.8 Å². The van der Waals surface area contributed by atoms with Gasteiger partial charge in [0.25, 0.3) is 0 Å². The summed E-state index contributed by atoms with van der Waals surface area (Å²) in [4.78, 5) is 13.0. The van der Waals surface area contributed by atoms with Gasteiger partial charge in [0.05, 0.1) is 6.61 Å². The maximum absolute atomic E-state index is 13.0. The number of carbonyl (C=O) groups is 1. The number of carbonyl (C=O) groups excluding carboxylic acids is 1. The molecule has 0 aliphatic carbocycles. The minimum atomic E-state index is -0.733. The standard InChI is InChI=1S/C12H14FNO3/c1-12(7-15)8-17-11(16)14(12)6-9-3-2-4-10(13)5-9/h2-5,15H,6-8H2,1H3. The van der Waals surface area contributed by atoms with E-state index in [1.165, 1.54) is 17.0 Å². The van der Waals surface area contributed by atoms with Gasteiger partial charge in [0.1, 0.15) is 18.0 Å². The van der Waals surface area contributed by atoms with Crippen LogP contribution in [0.25, 0.3) is 0 Å². The van der Waals surface area contributed by atoms with Crippen LogP contribution >= 0.6 is 0 Å². The molecule has 5 heteroatoms. The SMILES string of the molecule is CC1(CO)COC(=O)N1Cc1cccc(F)c1. The van der Waals surface area contributed by atoms with Crippen LogP contribution in [0.3, 0.4) is 0 Å². The molecular weight excluding hydrogens is 225 g/mol. The number of rotatable bonds is 3. The van der Waals surface area contributed by atoms with E-state index in [2.05, 4.69) is 0 Å². The van der Waals surface area contributed by atoms with Gasteiger partial charge in [-0.15, -0.1) is 0 Å². The number of benzene rings is 1. The summed E-state index contributed by atoms with van der Waals surface area (Å²) in [5.74, 6) is -0.347. The Morgan fingerprint density at radius 1 is 1.59 bits per heavy atom. The van der Waals surface area contributed by atoms with Crippen LogP contribution in [0.15, 0.2) is 24.3 Å². The van der Waals surface area contributed by atoms with E-state index in [9.17, 15) is 14.3 Å². The van der Waals surface area contributed by atoms with Gasteiger partial charge in [-0.25, -0.2) is 9.18 Å². The third-order valence-electron chi connectivity index (χ3n) is 2.95. The summed E-state index contributed by atoms with van der Waals surface area (Å²) in [6.45, 7) is 1.93. The van der Waals surface area contributed by atoms with Crippen molar-refractivity contribution in [2.45, 2.75) is 19.0 Å². The van der Waals surface area contributed by atoms with E-state index in [-0.39, 0.29) is 25.6 Å². The fourth-order valence-corrected chi connectivity index (χ4v) is 1.80. The summed E-state index contributed by atoms with van der Waals surface area (Å²) >= 11 is 0. The van der Waals surface area contributed by atoms with Crippen molar-refractivity contribution in [1.29, 1.82) is 0 Å². The lowest BCUT2D eigenvalue weighted by Gasteiger charge is -2.29. The van der Waals surface area contributed by atoms with E-state index in [0.29, 0.717) is 5.56 Å². The maximum atomic E-state index is 13.0. The van der Waals surface area contributed by atoms with Crippen molar-refractivity contribution in [3.8, 4) is 0 Å². The Kier molecular flexibility index (Phi) is 3.02. The molecule has 1 N–H and O–H groups in total. The molecule has 1 saturated heterocycles. The molecule has 1 aromatic rings. The molecule has 0 bridgehead atoms. The van der Waals surface area contributed by atoms with Crippen molar-refractivity contribution < 1.29 is 19.0 Å². The second kappa shape index (κ2) is 4.33. The highest BCUT2D eigenvalue weighted by atomic mass is 19.1. The lowest BCUT2D eigenvalue weighted by Crippen LogP contribution is -2.47. The largest absolute Gasteiger partial charge is 0.447 e. The summed E-state index contributed by atoms with van der Waals surface area (Å²) < 4.78 is 17.9. The Balaban J connectivity index is 2.19. The average molecular weight is 239 g/mol. The zero-order valence-corrected chi connectivity index (χ0v) is 9.52. The zero-order valence-electron chi connectivity index (χ0n) is 9.52. The first-order valence-corrected chi connectivity index (χ1v) is 5.35. The van der Waals surface area contributed by atoms with Crippen LogP contribution in [0.1, 0.15) is 12.5 Å². The van der Waals surface area contributed by atoms with E-state index in [1.807, 2.05) is 0 Å². The van der Waals surface area contributed by atoms with Crippen molar-refractivity contribution in [3.63, 3.8) is 0 Å². The van der Waals surface area contributed by atoms with Gasteiger partial charge in [-0.05, 0) is 24.6 Å². The molecule has 1 aliphatic rings. The highest BCUT2D eigenvalue weighted by molar-refractivity contribution is 5.71. The second-order valence-corrected chi connectivity index (χ2v) is 4.43. The van der Waals surface area contributed by atoms with Crippen LogP contribution in [0.2, 0.25) is 0 Å². The quantitative estimate of drug-likeness (QED) is 0.870. The third kappa shape index (κ3) is 2.24. The molecule has 1 fully saturated rings. The summed E-state index contributed by atoms with van der Waals surface area (Å²) in [6, 6.07) is 6.02. The number of cyclic esters (lactones) is 1. The van der Waals surface area contributed by atoms with Crippen molar-refractivity contribution in [2.75, 3.05) is 13.2 Å². The lowest BCUT2D eigenvalue weighted by molar-refractivity contribution is 0.0956. The molecule has 92 valence electrons. The molecule has 1 aromatic carbocycles. The molecule has 0 aromatic heterocycles. The molecule has 0 saturated carbocycles. The van der Waals surface area contributed by atoms with Gasteiger partial charge in [0, 0.05) is 6.54 Å². The minimum absolute atomic E-state index is 0.150. The van der Waals surface area contributed by atoms with Crippen LogP contribution in [0.4, 0.5) is 9.18 Å². The Bertz CT molecular complexity index is 438. The molecule has 1 aliphatic heterocycles. The number of nitrogens with zero attached hydrogens (tertiary/aromatic N) is 1. The highest BCUT2D eigenvalue weighted by Gasteiger charge is 2.43. The normalized spacial score (nSPS) is 23.9. The Labute approximate surface area is 98.6 Å². The van der Waals surface area contributed by atoms with Gasteiger partial charge >= 0.3 is 6.09 Å². The molecule has 1 atom stereocenters. The summed E-state index contributed by atoms with van der Waals surface area (Å²) in [7, 11) is 0. The summed E-state index contributed by atoms with van der Waals surface area (Å²) in [6.07, 6.45) is -0.481. The Morgan fingerprint density at radius 3 is 3.00 bits per heavy atom. The van der Waals surface area contributed by atoms with Gasteiger partial charge in [-0.2, -0.15) is 0 Å². The fourth-order valence-electron chi connectivity index (χ4n) is 1.80. The van der Waals surface area contributed by atoms with E-state index >= 15 is 0 Å². The first-order chi connectivity index (χ1) is 8.05. The fraction of sp³-hybridized carbons (Fsp3) is 0.417. The number of hydrogen-bond donors (Lipinski definition) is 1. The predicted molar refractivity (Wildman–Crippen MR) is 58.8 cm³/mol. The lowest BCUT2D eigenvalue weighted by atomic mass is 10.0. The number of hydrogen-bond acceptors (Lipinski definition) is 3. The molecule has 1 amide bonds. The van der Waals surface area contributed by atoms with Crippen molar-refractivity contribution >= 4 is 6.09 Å². The minimum Gasteiger partial charge on any atom is -0.447 e. The van der Waals surface area contributed by atoms with Gasteiger partial charge in [-0.3, -0.25) is 4.90 Å². The van der Waals surface area contributed by atoms with E-state index in [1.54, 1.807) is 19.1 Å². The Hall–Kier alpha value is -1.62. The van der Waals surface area contributed by atoms with E-state index in [0.717, 1.165) is 0 Å². The molecule has 17 heavy (non-hydrogen) atoms. The molecule has 2 rings (SSSR count). The number of amides is 1. The van der Waals surface area contributed by atoms with Crippen molar-refractivity contribution in [1.82, 2.24) is 4.90 Å². The maximum Gasteiger partial charge on any atom is 0.410 e. The van der Waals surface area contributed by atoms with Gasteiger partial charge in [-0.1, -0.05) is 12.1 Å². The van der Waals surface area contributed by atoms with Crippen LogP contribution < -0.4 is 0 Å². The van der Waals surface area contributed by atoms with E-state index < -0.39 is 11.6 Å². The smallest absolute Gasteiger partial charge is 0.410 e. The van der Waals surface area contributed by atoms with Gasteiger partial charge < -0.3 is 9.84 Å². The van der Waals surface area contributed by atoms with Gasteiger partial charge in [0.15, 0.2) is 0 Å². The third-order valence-corrected chi connectivity index (χ3v) is 2.95. The molecule has 0 radical (unpaired) electrons. The average Bonchev–Trinajstić information content (AvgIpc) is 2.58. The monoisotopic (exact) mass is 239 g/mol. The van der Waals surface area contributed by atoms with Crippen LogP contribution in [0.5, 0.6) is 0 Å². The number of halogens is 1. The number of aliphatic hydroxyl groups excluding tert-OH is 1. The molecule has 1 heterocycles. The zero-order chi connectivity index (χ0) is 12.5. The van der Waals surface area contributed by atoms with Crippen molar-refractivity contribution in [2.24, 2.45) is 0 Å². The molecule has 0 spiro atoms. The van der Waals surface area contributed by atoms with Crippen molar-refractivity contribution in [3.05, 3.63) is 35.6 Å². The summed E-state index contributed by atoms with van der Waals surface area (Å²) in [5.41, 5.74) is -0.0628. The first-order valence-electron chi connectivity index (χ1n) is 5.35. The predicted octanol–water partition coefficient (Wildman–Crippen LogP) is 1.53. The number of ether oxygens (including phenoxy) is 1. The van der Waals surface area contributed by atoms with Crippen LogP contribution in [-0.2, 0) is 11.3 Å². The Morgan fingerprint density at radius 2 is 2.35 bits per heavy atom. The van der Waals surface area contributed by atoms with E-state index in [4.69, 9.17) is 4.74 Å². The molecular formula is C12H14FNO3. The molecule has 1 unspecified atom stereocenters. The molecule has 4 nitrogen and oxygen atoms in total. The van der Waals surface area contributed by atoms with Crippen LogP contribution in [0, 0.1) is 5.82 Å². The number of aliphatic hydroxyl groups is 1. The van der Waals surface area contributed by atoms with Crippen LogP contribution in [-0.4, -0.2) is 34.9 Å². The second-order valence-electron chi connectivity index (χ2n) is 4.43. The highest BCUT2D eigenvalue weighted by Crippen LogP contribution is 2.25. The van der Waals surface area contributed by atoms with Gasteiger partial charge in [0.2, 0.25) is 0 Å². The summed E-state index contributed by atoms with van der Waals surface area (Å²) in [5, 5.41) is 9.30.